The molecule has 1 aliphatic carbocycles. The van der Waals surface area contributed by atoms with Gasteiger partial charge in [-0.2, -0.15) is 4.98 Å². The largest absolute Gasteiger partial charge is 0.340 e. The number of carbonyl (C=O) groups excluding carboxylic acids is 1. The number of amides is 1. The van der Waals surface area contributed by atoms with E-state index >= 15 is 0 Å². The van der Waals surface area contributed by atoms with E-state index in [1.807, 2.05) is 30.2 Å². The van der Waals surface area contributed by atoms with Crippen molar-refractivity contribution in [2.75, 3.05) is 20.1 Å². The molecule has 1 saturated heterocycles. The van der Waals surface area contributed by atoms with Crippen LogP contribution in [0.2, 0.25) is 0 Å². The number of carbonyl (C=O) groups is 1. The first-order valence-electron chi connectivity index (χ1n) is 9.57. The van der Waals surface area contributed by atoms with E-state index < -0.39 is 0 Å². The highest BCUT2D eigenvalue weighted by Gasteiger charge is 2.30. The third-order valence-electron chi connectivity index (χ3n) is 5.51. The average Bonchev–Trinajstić information content (AvgIpc) is 3.30. The molecule has 7 nitrogen and oxygen atoms in total. The predicted octanol–water partition coefficient (Wildman–Crippen LogP) is 2.64. The van der Waals surface area contributed by atoms with Gasteiger partial charge in [-0.05, 0) is 51.3 Å². The van der Waals surface area contributed by atoms with E-state index in [2.05, 4.69) is 26.7 Å². The lowest BCUT2D eigenvalue weighted by Crippen LogP contribution is -2.35. The van der Waals surface area contributed by atoms with Crippen molar-refractivity contribution in [2.24, 2.45) is 0 Å². The monoisotopic (exact) mass is 357 g/mol. The van der Waals surface area contributed by atoms with Crippen LogP contribution in [0.3, 0.4) is 0 Å². The fraction of sp³-hybridized carbons (Fsp3) is 0.632. The zero-order valence-electron chi connectivity index (χ0n) is 15.6. The topological polar surface area (TPSA) is 67.4 Å². The molecule has 2 fully saturated rings. The molecule has 4 rings (SSSR count). The minimum Gasteiger partial charge on any atom is -0.340 e. The summed E-state index contributed by atoms with van der Waals surface area (Å²) in [6.07, 6.45) is 7.51. The van der Waals surface area contributed by atoms with Gasteiger partial charge in [0, 0.05) is 38.3 Å². The normalized spacial score (nSPS) is 21.2. The first kappa shape index (κ1) is 17.3. The molecule has 2 aromatic heterocycles. The molecule has 1 amide bonds. The molecule has 0 aromatic carbocycles. The number of nitrogens with zero attached hydrogens (tertiary/aromatic N) is 5. The number of aromatic nitrogens is 3. The third kappa shape index (κ3) is 3.67. The summed E-state index contributed by atoms with van der Waals surface area (Å²) in [7, 11) is 2.10. The van der Waals surface area contributed by atoms with Crippen LogP contribution in [0.1, 0.15) is 60.3 Å². The molecule has 1 saturated carbocycles. The van der Waals surface area contributed by atoms with Crippen molar-refractivity contribution < 1.29 is 9.32 Å². The maximum Gasteiger partial charge on any atom is 0.270 e. The summed E-state index contributed by atoms with van der Waals surface area (Å²) in [4.78, 5) is 21.6. The van der Waals surface area contributed by atoms with Gasteiger partial charge in [-0.15, -0.1) is 0 Å². The van der Waals surface area contributed by atoms with Crippen LogP contribution in [-0.4, -0.2) is 56.6 Å². The minimum absolute atomic E-state index is 0.180. The number of hydrogen-bond donors (Lipinski definition) is 0. The van der Waals surface area contributed by atoms with E-state index in [0.29, 0.717) is 24.5 Å². The Kier molecular flexibility index (Phi) is 4.80. The summed E-state index contributed by atoms with van der Waals surface area (Å²) in [5, 5.41) is 3.99. The van der Waals surface area contributed by atoms with Crippen LogP contribution in [0.15, 0.2) is 22.9 Å². The van der Waals surface area contributed by atoms with Crippen LogP contribution < -0.4 is 0 Å². The Morgan fingerprint density at radius 3 is 2.88 bits per heavy atom. The summed E-state index contributed by atoms with van der Waals surface area (Å²) < 4.78 is 7.22. The Labute approximate surface area is 154 Å². The maximum atomic E-state index is 13.0. The standard InChI is InChI=1S/C19H27N5O2/c1-14-20-18(21-26-14)13-22(2)15-5-3-10-23(12-9-15)19(25)17-6-4-11-24(17)16-7-8-16/h4,6,11,15-16H,3,5,7-10,12-13H2,1-2H3/t15-/m1/s1. The van der Waals surface area contributed by atoms with Crippen LogP contribution in [0.25, 0.3) is 0 Å². The van der Waals surface area contributed by atoms with Crippen molar-refractivity contribution in [1.29, 1.82) is 0 Å². The van der Waals surface area contributed by atoms with E-state index in [0.717, 1.165) is 43.9 Å². The van der Waals surface area contributed by atoms with E-state index in [-0.39, 0.29) is 5.91 Å². The van der Waals surface area contributed by atoms with Crippen molar-refractivity contribution in [3.05, 3.63) is 35.7 Å². The number of aryl methyl sites for hydroxylation is 1. The van der Waals surface area contributed by atoms with Gasteiger partial charge in [-0.3, -0.25) is 9.69 Å². The second-order valence-corrected chi connectivity index (χ2v) is 7.55. The van der Waals surface area contributed by atoms with Crippen LogP contribution in [0.5, 0.6) is 0 Å². The first-order valence-corrected chi connectivity index (χ1v) is 9.57. The van der Waals surface area contributed by atoms with Gasteiger partial charge >= 0.3 is 0 Å². The van der Waals surface area contributed by atoms with Gasteiger partial charge in [-0.1, -0.05) is 5.16 Å². The molecule has 3 heterocycles. The number of likely N-dealkylation sites (tertiary alicyclic amines) is 1. The van der Waals surface area contributed by atoms with Gasteiger partial charge in [-0.25, -0.2) is 0 Å². The lowest BCUT2D eigenvalue weighted by Gasteiger charge is -2.26. The number of rotatable bonds is 5. The van der Waals surface area contributed by atoms with Gasteiger partial charge in [0.25, 0.3) is 5.91 Å². The molecule has 140 valence electrons. The van der Waals surface area contributed by atoms with Crippen LogP contribution in [-0.2, 0) is 6.54 Å². The molecule has 2 aromatic rings. The zero-order chi connectivity index (χ0) is 18.1. The molecule has 0 N–H and O–H groups in total. The lowest BCUT2D eigenvalue weighted by atomic mass is 10.1. The van der Waals surface area contributed by atoms with Crippen molar-refractivity contribution in [1.82, 2.24) is 24.5 Å². The van der Waals surface area contributed by atoms with Gasteiger partial charge < -0.3 is 14.0 Å². The highest BCUT2D eigenvalue weighted by molar-refractivity contribution is 5.92. The van der Waals surface area contributed by atoms with E-state index in [1.165, 1.54) is 12.8 Å². The molecular formula is C19H27N5O2. The Morgan fingerprint density at radius 2 is 2.15 bits per heavy atom. The predicted molar refractivity (Wildman–Crippen MR) is 96.7 cm³/mol. The zero-order valence-corrected chi connectivity index (χ0v) is 15.6. The minimum atomic E-state index is 0.180. The molecule has 0 bridgehead atoms. The van der Waals surface area contributed by atoms with Crippen molar-refractivity contribution in [3.63, 3.8) is 0 Å². The molecule has 1 atom stereocenters. The molecule has 7 heteroatoms. The molecule has 26 heavy (non-hydrogen) atoms. The van der Waals surface area contributed by atoms with Crippen molar-refractivity contribution in [3.8, 4) is 0 Å². The summed E-state index contributed by atoms with van der Waals surface area (Å²) in [5.41, 5.74) is 0.849. The van der Waals surface area contributed by atoms with Crippen molar-refractivity contribution >= 4 is 5.91 Å². The van der Waals surface area contributed by atoms with Gasteiger partial charge in [0.2, 0.25) is 5.89 Å². The molecule has 0 unspecified atom stereocenters. The Bertz CT molecular complexity index is 764. The molecule has 1 aliphatic heterocycles. The van der Waals surface area contributed by atoms with Crippen molar-refractivity contribution in [2.45, 2.75) is 57.7 Å². The molecular weight excluding hydrogens is 330 g/mol. The average molecular weight is 357 g/mol. The third-order valence-corrected chi connectivity index (χ3v) is 5.51. The number of hydrogen-bond acceptors (Lipinski definition) is 5. The second-order valence-electron chi connectivity index (χ2n) is 7.55. The Morgan fingerprint density at radius 1 is 1.31 bits per heavy atom. The molecule has 2 aliphatic rings. The first-order chi connectivity index (χ1) is 12.6. The van der Waals surface area contributed by atoms with Crippen LogP contribution >= 0.6 is 0 Å². The lowest BCUT2D eigenvalue weighted by molar-refractivity contribution is 0.0746. The summed E-state index contributed by atoms with van der Waals surface area (Å²) in [5.74, 6) is 1.51. The summed E-state index contributed by atoms with van der Waals surface area (Å²) >= 11 is 0. The smallest absolute Gasteiger partial charge is 0.270 e. The van der Waals surface area contributed by atoms with Gasteiger partial charge in [0.15, 0.2) is 5.82 Å². The molecule has 0 radical (unpaired) electrons. The SMILES string of the molecule is Cc1nc(CN(C)[C@@H]2CCCN(C(=O)c3cccn3C3CC3)CC2)no1. The van der Waals surface area contributed by atoms with Gasteiger partial charge in [0.1, 0.15) is 5.69 Å². The van der Waals surface area contributed by atoms with E-state index in [1.54, 1.807) is 0 Å². The van der Waals surface area contributed by atoms with E-state index in [9.17, 15) is 4.79 Å². The van der Waals surface area contributed by atoms with Gasteiger partial charge in [0.05, 0.1) is 6.54 Å². The highest BCUT2D eigenvalue weighted by Crippen LogP contribution is 2.36. The second kappa shape index (κ2) is 7.23. The summed E-state index contributed by atoms with van der Waals surface area (Å²) in [6, 6.07) is 4.93. The molecule has 0 spiro atoms. The Hall–Kier alpha value is -2.15. The Balaban J connectivity index is 1.36. The van der Waals surface area contributed by atoms with E-state index in [4.69, 9.17) is 4.52 Å². The van der Waals surface area contributed by atoms with Crippen LogP contribution in [0.4, 0.5) is 0 Å². The highest BCUT2D eigenvalue weighted by atomic mass is 16.5. The fourth-order valence-electron chi connectivity index (χ4n) is 3.89. The van der Waals surface area contributed by atoms with Crippen LogP contribution in [0, 0.1) is 6.92 Å². The summed E-state index contributed by atoms with van der Waals surface area (Å²) in [6.45, 7) is 4.12. The maximum absolute atomic E-state index is 13.0. The quantitative estimate of drug-likeness (QED) is 0.823. The fourth-order valence-corrected chi connectivity index (χ4v) is 3.89.